The van der Waals surface area contributed by atoms with Crippen LogP contribution in [0.3, 0.4) is 0 Å². The fourth-order valence-corrected chi connectivity index (χ4v) is 14.7. The van der Waals surface area contributed by atoms with E-state index in [2.05, 4.69) is 52.5 Å². The maximum atomic E-state index is 15.9. The molecule has 1 saturated carbocycles. The summed E-state index contributed by atoms with van der Waals surface area (Å²) in [7, 11) is 5.20. The number of amides is 13. The van der Waals surface area contributed by atoms with Crippen LogP contribution in [-0.4, -0.2) is 237 Å². The number of H-pyrrole nitrogens is 2. The molecule has 2 aromatic heterocycles. The van der Waals surface area contributed by atoms with Crippen LogP contribution in [0.1, 0.15) is 118 Å². The van der Waals surface area contributed by atoms with Gasteiger partial charge in [-0.2, -0.15) is 0 Å². The predicted octanol–water partition coefficient (Wildman–Crippen LogP) is 2.33. The lowest BCUT2D eigenvalue weighted by Crippen LogP contribution is -2.63. The van der Waals surface area contributed by atoms with Crippen LogP contribution in [0.2, 0.25) is 0 Å². The van der Waals surface area contributed by atoms with E-state index in [4.69, 9.17) is 11.5 Å². The molecule has 17 N–H and O–H groups in total. The zero-order chi connectivity index (χ0) is 85.3. The second-order valence-corrected chi connectivity index (χ2v) is 30.4. The number of phenolic OH excluding ortho intramolecular Hbond substituents is 2. The maximum absolute atomic E-state index is 15.9. The van der Waals surface area contributed by atoms with E-state index in [0.29, 0.717) is 76.2 Å². The molecule has 0 radical (unpaired) electrons. The van der Waals surface area contributed by atoms with Gasteiger partial charge in [0.15, 0.2) is 0 Å². The topological polar surface area (TPSA) is 475 Å². The van der Waals surface area contributed by atoms with E-state index in [1.165, 1.54) is 83.6 Å². The molecule has 0 spiro atoms. The number of phenols is 2. The number of aromatic amines is 2. The van der Waals surface area contributed by atoms with Crippen molar-refractivity contribution in [1.82, 2.24) is 72.1 Å². The van der Waals surface area contributed by atoms with Gasteiger partial charge in [-0.05, 0) is 166 Å². The molecule has 0 unspecified atom stereocenters. The lowest BCUT2D eigenvalue weighted by molar-refractivity contribution is -0.150. The third-order valence-electron chi connectivity index (χ3n) is 21.8. The summed E-state index contributed by atoms with van der Waals surface area (Å²) in [6, 6.07) is 16.3. The number of fused-ring (bicyclic) bond motifs is 2. The van der Waals surface area contributed by atoms with Crippen molar-refractivity contribution >= 4 is 98.6 Å². The minimum Gasteiger partial charge on any atom is -0.508 e. The molecule has 1 aliphatic carbocycles. The van der Waals surface area contributed by atoms with Gasteiger partial charge in [0.2, 0.25) is 76.8 Å². The number of aryl methyl sites for hydroxylation is 1. The molecule has 33 heteroatoms. The van der Waals surface area contributed by atoms with E-state index in [9.17, 15) is 48.5 Å². The normalized spacial score (nSPS) is 20.9. The smallest absolute Gasteiger partial charge is 0.247 e. The fourth-order valence-electron chi connectivity index (χ4n) is 14.7. The molecule has 32 nitrogen and oxygen atoms in total. The van der Waals surface area contributed by atoms with E-state index < -0.39 is 156 Å². The van der Waals surface area contributed by atoms with Crippen LogP contribution in [0, 0.1) is 11.7 Å². The summed E-state index contributed by atoms with van der Waals surface area (Å²) in [5.41, 5.74) is 15.3. The maximum Gasteiger partial charge on any atom is 0.247 e. The zero-order valence-electron chi connectivity index (χ0n) is 67.1. The van der Waals surface area contributed by atoms with Gasteiger partial charge in [-0.25, -0.2) is 4.39 Å². The number of benzene rings is 5. The highest BCUT2D eigenvalue weighted by atomic mass is 19.1. The van der Waals surface area contributed by atoms with Crippen molar-refractivity contribution in [2.75, 3.05) is 54.4 Å². The Bertz CT molecular complexity index is 4670. The average molecular weight is 1630 g/mol. The van der Waals surface area contributed by atoms with Gasteiger partial charge < -0.3 is 98.9 Å². The summed E-state index contributed by atoms with van der Waals surface area (Å²) in [4.78, 5) is 203. The van der Waals surface area contributed by atoms with Crippen molar-refractivity contribution in [2.45, 2.75) is 183 Å². The van der Waals surface area contributed by atoms with Crippen LogP contribution in [-0.2, 0) is 94.4 Å². The largest absolute Gasteiger partial charge is 0.508 e. The lowest BCUT2D eigenvalue weighted by Gasteiger charge is -2.36. The third kappa shape index (κ3) is 25.1. The molecule has 7 aromatic rings. The first-order chi connectivity index (χ1) is 56.5. The van der Waals surface area contributed by atoms with Gasteiger partial charge >= 0.3 is 0 Å². The molecule has 3 heterocycles. The van der Waals surface area contributed by atoms with Crippen LogP contribution < -0.4 is 54.0 Å². The first kappa shape index (κ1) is 89.7. The van der Waals surface area contributed by atoms with Gasteiger partial charge in [0.1, 0.15) is 77.7 Å². The number of rotatable bonds is 27. The zero-order valence-corrected chi connectivity index (χ0v) is 67.1. The number of nitrogens with zero attached hydrogens (tertiary/aromatic N) is 4. The second kappa shape index (κ2) is 43.1. The van der Waals surface area contributed by atoms with E-state index in [1.54, 1.807) is 60.9 Å². The van der Waals surface area contributed by atoms with Gasteiger partial charge in [0.25, 0.3) is 0 Å². The van der Waals surface area contributed by atoms with E-state index >= 15 is 33.6 Å². The van der Waals surface area contributed by atoms with Crippen molar-refractivity contribution in [3.05, 3.63) is 167 Å². The Labute approximate surface area is 683 Å². The first-order valence-electron chi connectivity index (χ1n) is 39.9. The number of nitrogens with two attached hydrogens (primary N) is 2. The number of halogens is 1. The molecule has 10 atom stereocenters. The second-order valence-electron chi connectivity index (χ2n) is 30.4. The average Bonchev–Trinajstić information content (AvgIpc) is 1.59. The number of aromatic nitrogens is 2. The van der Waals surface area contributed by atoms with Crippen LogP contribution in [0.25, 0.3) is 21.8 Å². The summed E-state index contributed by atoms with van der Waals surface area (Å²) < 4.78 is 14.5. The standard InChI is InChI=1S/C85H109FN16O16/c1-50(104)89-40-16-14-22-69-80(113)96-66(44-56-47-91-63-37-36-59(106)45-61(56)63)78(111)95-67(43-55-46-90-62-20-10-9-19-60(55)62)79(112)98-75(54-30-31-54)85(118)102(5)72(84(117)101(4)71(42-53-25-32-57(86)33-26-53)81(114)94-64(76(88)109)21-13-15-39-87)48-92-73(107)23-11-12-24-74(108)93-65(41-52-27-34-58(105)35-28-52)77(110)97-68(49-103)82(115)100(3)70(83(116)99(69)2)38-29-51-17-7-6-8-18-51/h6-10,17-20,25-28,32-37,45-47,54,64-72,75,90-91,103,105-106H,11-16,21-24,29-31,38-44,48-49,87H2,1-5H3,(H2,88,109)(H,89,104)(H,92,107)(H,93,108)(H,94,114)(H,95,111)(H,96,113)(H,97,110)(H,98,112)/t64-,65-,66-,67-,68-,69-,70-,71-,72-,75-/m0/s1. The summed E-state index contributed by atoms with van der Waals surface area (Å²) in [6.07, 6.45) is 3.87. The number of aliphatic hydroxyl groups excluding tert-OH is 1. The fraction of sp³-hybridized carbons (Fsp3) is 0.447. The number of hydrogen-bond acceptors (Lipinski definition) is 17. The van der Waals surface area contributed by atoms with Crippen molar-refractivity contribution < 1.29 is 82.0 Å². The highest BCUT2D eigenvalue weighted by Gasteiger charge is 2.45. The lowest BCUT2D eigenvalue weighted by atomic mass is 9.99. The molecule has 2 aliphatic rings. The van der Waals surface area contributed by atoms with Crippen LogP contribution >= 0.6 is 0 Å². The van der Waals surface area contributed by atoms with Gasteiger partial charge in [0.05, 0.1) is 6.61 Å². The third-order valence-corrected chi connectivity index (χ3v) is 21.8. The van der Waals surface area contributed by atoms with Crippen LogP contribution in [0.5, 0.6) is 11.5 Å². The minimum atomic E-state index is -1.76. The molecule has 9 rings (SSSR count). The monoisotopic (exact) mass is 1630 g/mol. The number of aliphatic hydroxyl groups is 1. The van der Waals surface area contributed by atoms with Crippen molar-refractivity contribution in [3.63, 3.8) is 0 Å². The molecule has 632 valence electrons. The Hall–Kier alpha value is -12.3. The van der Waals surface area contributed by atoms with E-state index in [-0.39, 0.29) is 114 Å². The summed E-state index contributed by atoms with van der Waals surface area (Å²) >= 11 is 0. The highest BCUT2D eigenvalue weighted by molar-refractivity contribution is 6.00. The molecule has 1 aliphatic heterocycles. The number of aromatic hydroxyl groups is 2. The number of carbonyl (C=O) groups is 13. The van der Waals surface area contributed by atoms with E-state index in [1.807, 2.05) is 12.1 Å². The molecule has 13 amide bonds. The SMILES string of the molecule is CC(=O)NCCCC[C@H]1C(=O)N[C@@H](Cc2c[nH]c3ccc(O)cc23)C(=O)N[C@@H](Cc2c[nH]c3ccccc23)C(=O)N[C@@H](C2CC2)C(=O)N(C)[C@H](C(=O)N(C)[C@@H](Cc2ccc(F)cc2)C(=O)N[C@@H](CCCCN)C(N)=O)CNC(=O)CCCCC(=O)N[C@@H](Cc2ccc(O)cc2)C(=O)N[C@@H](CO)C(=O)N(C)[C@@H](CCc2ccccc2)C(=O)N1C. The number of primary amides is 1. The number of hydrogen-bond donors (Lipinski definition) is 15. The number of nitrogens with one attached hydrogen (secondary N) is 10. The summed E-state index contributed by atoms with van der Waals surface area (Å²) in [6.45, 7) is 0.142. The van der Waals surface area contributed by atoms with Crippen molar-refractivity contribution in [3.8, 4) is 11.5 Å². The Balaban J connectivity index is 1.14. The number of likely N-dealkylation sites (N-methyl/N-ethyl adjacent to an activating group) is 4. The number of unbranched alkanes of at least 4 members (excludes halogenated alkanes) is 2. The first-order valence-corrected chi connectivity index (χ1v) is 39.9. The molecule has 5 aromatic carbocycles. The Kier molecular flexibility index (Phi) is 32.7. The van der Waals surface area contributed by atoms with Crippen molar-refractivity contribution in [1.29, 1.82) is 0 Å². The Morgan fingerprint density at radius 1 is 0.593 bits per heavy atom. The predicted molar refractivity (Wildman–Crippen MR) is 436 cm³/mol. The quantitative estimate of drug-likeness (QED) is 0.0329. The number of carbonyl (C=O) groups excluding carboxylic acids is 13. The van der Waals surface area contributed by atoms with Crippen LogP contribution in [0.15, 0.2) is 134 Å². The van der Waals surface area contributed by atoms with Crippen molar-refractivity contribution in [2.24, 2.45) is 17.4 Å². The van der Waals surface area contributed by atoms with E-state index in [0.717, 1.165) is 37.3 Å². The van der Waals surface area contributed by atoms with Gasteiger partial charge in [-0.3, -0.25) is 62.3 Å². The van der Waals surface area contributed by atoms with Gasteiger partial charge in [0, 0.05) is 121 Å². The minimum absolute atomic E-state index is 0.0320. The molecular formula is C85H109FN16O16. The highest BCUT2D eigenvalue weighted by Crippen LogP contribution is 2.34. The van der Waals surface area contributed by atoms with Crippen LogP contribution in [0.4, 0.5) is 4.39 Å². The molecule has 118 heavy (non-hydrogen) atoms. The van der Waals surface area contributed by atoms with Gasteiger partial charge in [-0.15, -0.1) is 0 Å². The summed E-state index contributed by atoms with van der Waals surface area (Å²) in [5.74, 6) is -12.0. The molecular weight excluding hydrogens is 1520 g/mol. The summed E-state index contributed by atoms with van der Waals surface area (Å²) in [5, 5.41) is 55.3. The molecule has 1 saturated heterocycles. The Morgan fingerprint density at radius 3 is 1.82 bits per heavy atom. The Morgan fingerprint density at radius 2 is 1.18 bits per heavy atom. The van der Waals surface area contributed by atoms with Gasteiger partial charge in [-0.1, -0.05) is 72.8 Å². The number of para-hydroxylation sites is 1. The molecule has 0 bridgehead atoms. The molecule has 2 fully saturated rings.